The van der Waals surface area contributed by atoms with Crippen LogP contribution >= 0.6 is 0 Å². The van der Waals surface area contributed by atoms with Crippen LogP contribution in [0.3, 0.4) is 0 Å². The van der Waals surface area contributed by atoms with E-state index in [2.05, 4.69) is 10.6 Å². The zero-order valence-electron chi connectivity index (χ0n) is 17.4. The summed E-state index contributed by atoms with van der Waals surface area (Å²) in [6, 6.07) is 14.5. The van der Waals surface area contributed by atoms with Gasteiger partial charge in [0.2, 0.25) is 11.8 Å². The van der Waals surface area contributed by atoms with Gasteiger partial charge in [-0.2, -0.15) is 0 Å². The molecule has 1 saturated carbocycles. The lowest BCUT2D eigenvalue weighted by Gasteiger charge is -2.29. The first-order valence-corrected chi connectivity index (χ1v) is 10.8. The Bertz CT molecular complexity index is 952. The number of para-hydroxylation sites is 2. The fraction of sp³-hybridized carbons (Fsp3) is 0.375. The number of nitrogens with one attached hydrogen (secondary N) is 2. The van der Waals surface area contributed by atoms with Crippen LogP contribution in [0.5, 0.6) is 5.75 Å². The number of fused-ring (bicyclic) bond motifs is 1. The maximum atomic E-state index is 12.6. The van der Waals surface area contributed by atoms with Crippen molar-refractivity contribution in [1.82, 2.24) is 5.32 Å². The molecule has 1 fully saturated rings. The van der Waals surface area contributed by atoms with Gasteiger partial charge in [0, 0.05) is 30.1 Å². The highest BCUT2D eigenvalue weighted by Gasteiger charge is 2.23. The monoisotopic (exact) mass is 421 g/mol. The average Bonchev–Trinajstić information content (AvgIpc) is 3.30. The molecular formula is C24H27N3O4. The summed E-state index contributed by atoms with van der Waals surface area (Å²) < 4.78 is 5.57. The summed E-state index contributed by atoms with van der Waals surface area (Å²) in [5.74, 6) is 0.257. The molecule has 7 nitrogen and oxygen atoms in total. The average molecular weight is 421 g/mol. The first-order chi connectivity index (χ1) is 15.1. The molecule has 7 heteroatoms. The fourth-order valence-corrected chi connectivity index (χ4v) is 4.05. The van der Waals surface area contributed by atoms with Gasteiger partial charge in [-0.1, -0.05) is 25.0 Å². The van der Waals surface area contributed by atoms with E-state index in [1.165, 1.54) is 0 Å². The number of nitrogens with zero attached hydrogens (tertiary/aromatic N) is 1. The Balaban J connectivity index is 1.26. The lowest BCUT2D eigenvalue weighted by atomic mass is 10.1. The summed E-state index contributed by atoms with van der Waals surface area (Å²) in [6.07, 6.45) is 4.60. The zero-order valence-corrected chi connectivity index (χ0v) is 17.4. The molecule has 4 rings (SSSR count). The fourth-order valence-electron chi connectivity index (χ4n) is 4.05. The van der Waals surface area contributed by atoms with Gasteiger partial charge in [0.25, 0.3) is 5.91 Å². The third-order valence-electron chi connectivity index (χ3n) is 5.72. The molecule has 1 aliphatic carbocycles. The second kappa shape index (κ2) is 9.64. The van der Waals surface area contributed by atoms with Crippen molar-refractivity contribution in [2.24, 2.45) is 0 Å². The standard InChI is InChI=1S/C24H27N3O4/c28-22(13-14-23(29)27-15-16-31-21-8-4-3-7-20(21)27)25-19-11-9-17(10-12-19)24(30)26-18-5-1-2-6-18/h3-4,7-12,18H,1-2,5-6,13-16H2,(H,25,28)(H,26,30). The predicted octanol–water partition coefficient (Wildman–Crippen LogP) is 3.50. The number of carbonyl (C=O) groups excluding carboxylic acids is 3. The molecule has 0 saturated heterocycles. The summed E-state index contributed by atoms with van der Waals surface area (Å²) >= 11 is 0. The number of ether oxygens (including phenoxy) is 1. The number of rotatable bonds is 6. The molecule has 0 unspecified atom stereocenters. The molecule has 0 bridgehead atoms. The number of benzene rings is 2. The number of anilines is 2. The maximum absolute atomic E-state index is 12.6. The second-order valence-electron chi connectivity index (χ2n) is 7.94. The van der Waals surface area contributed by atoms with E-state index >= 15 is 0 Å². The van der Waals surface area contributed by atoms with Crippen molar-refractivity contribution >= 4 is 29.1 Å². The van der Waals surface area contributed by atoms with E-state index in [1.54, 1.807) is 29.2 Å². The summed E-state index contributed by atoms with van der Waals surface area (Å²) in [4.78, 5) is 38.9. The van der Waals surface area contributed by atoms with Crippen molar-refractivity contribution in [3.63, 3.8) is 0 Å². The maximum Gasteiger partial charge on any atom is 0.251 e. The molecule has 2 N–H and O–H groups in total. The van der Waals surface area contributed by atoms with Gasteiger partial charge < -0.3 is 20.3 Å². The Kier molecular flexibility index (Phi) is 6.50. The molecule has 2 aliphatic rings. The molecule has 31 heavy (non-hydrogen) atoms. The van der Waals surface area contributed by atoms with E-state index in [4.69, 9.17) is 4.74 Å². The van der Waals surface area contributed by atoms with Crippen LogP contribution in [0, 0.1) is 0 Å². The zero-order chi connectivity index (χ0) is 21.6. The predicted molar refractivity (Wildman–Crippen MR) is 118 cm³/mol. The second-order valence-corrected chi connectivity index (χ2v) is 7.94. The van der Waals surface area contributed by atoms with Gasteiger partial charge in [0.05, 0.1) is 12.2 Å². The highest BCUT2D eigenvalue weighted by Crippen LogP contribution is 2.31. The van der Waals surface area contributed by atoms with E-state index in [0.29, 0.717) is 30.2 Å². The minimum absolute atomic E-state index is 0.0823. The summed E-state index contributed by atoms with van der Waals surface area (Å²) in [6.45, 7) is 0.914. The molecule has 2 aromatic carbocycles. The smallest absolute Gasteiger partial charge is 0.251 e. The van der Waals surface area contributed by atoms with E-state index < -0.39 is 0 Å². The first-order valence-electron chi connectivity index (χ1n) is 10.8. The number of carbonyl (C=O) groups is 3. The minimum Gasteiger partial charge on any atom is -0.490 e. The van der Waals surface area contributed by atoms with Gasteiger partial charge in [-0.05, 0) is 49.2 Å². The Morgan fingerprint density at radius 3 is 2.48 bits per heavy atom. The van der Waals surface area contributed by atoms with Gasteiger partial charge >= 0.3 is 0 Å². The van der Waals surface area contributed by atoms with Crippen molar-refractivity contribution in [3.05, 3.63) is 54.1 Å². The van der Waals surface area contributed by atoms with Crippen LogP contribution in [0.25, 0.3) is 0 Å². The van der Waals surface area contributed by atoms with Crippen LogP contribution in [-0.2, 0) is 9.59 Å². The highest BCUT2D eigenvalue weighted by atomic mass is 16.5. The molecule has 162 valence electrons. The van der Waals surface area contributed by atoms with Crippen molar-refractivity contribution in [2.45, 2.75) is 44.6 Å². The molecule has 1 aliphatic heterocycles. The Hall–Kier alpha value is -3.35. The number of amides is 3. The number of hydrogen-bond acceptors (Lipinski definition) is 4. The summed E-state index contributed by atoms with van der Waals surface area (Å²) in [5.41, 5.74) is 1.92. The summed E-state index contributed by atoms with van der Waals surface area (Å²) in [7, 11) is 0. The molecular weight excluding hydrogens is 394 g/mol. The van der Waals surface area contributed by atoms with Crippen LogP contribution in [0.1, 0.15) is 48.9 Å². The lowest BCUT2D eigenvalue weighted by molar-refractivity contribution is -0.122. The van der Waals surface area contributed by atoms with Gasteiger partial charge in [0.1, 0.15) is 12.4 Å². The van der Waals surface area contributed by atoms with Crippen LogP contribution in [0.4, 0.5) is 11.4 Å². The molecule has 3 amide bonds. The van der Waals surface area contributed by atoms with E-state index in [1.807, 2.05) is 24.3 Å². The van der Waals surface area contributed by atoms with Gasteiger partial charge in [-0.25, -0.2) is 0 Å². The third-order valence-corrected chi connectivity index (χ3v) is 5.72. The SMILES string of the molecule is O=C(CCC(=O)N1CCOc2ccccc21)Nc1ccc(C(=O)NC2CCCC2)cc1. The normalized spacial score (nSPS) is 15.7. The molecule has 0 atom stereocenters. The molecule has 0 radical (unpaired) electrons. The minimum atomic E-state index is -0.238. The summed E-state index contributed by atoms with van der Waals surface area (Å²) in [5, 5.41) is 5.84. The van der Waals surface area contributed by atoms with Gasteiger partial charge in [0.15, 0.2) is 0 Å². The first kappa shape index (κ1) is 20.9. The van der Waals surface area contributed by atoms with Gasteiger partial charge in [-0.3, -0.25) is 14.4 Å². The van der Waals surface area contributed by atoms with Crippen LogP contribution in [0.15, 0.2) is 48.5 Å². The largest absolute Gasteiger partial charge is 0.490 e. The Morgan fingerprint density at radius 2 is 1.71 bits per heavy atom. The topological polar surface area (TPSA) is 87.7 Å². The molecule has 1 heterocycles. The van der Waals surface area contributed by atoms with E-state index in [0.717, 1.165) is 31.4 Å². The molecule has 0 spiro atoms. The van der Waals surface area contributed by atoms with Gasteiger partial charge in [-0.15, -0.1) is 0 Å². The van der Waals surface area contributed by atoms with Crippen LogP contribution < -0.4 is 20.3 Å². The van der Waals surface area contributed by atoms with Crippen molar-refractivity contribution in [3.8, 4) is 5.75 Å². The lowest BCUT2D eigenvalue weighted by Crippen LogP contribution is -2.38. The quantitative estimate of drug-likeness (QED) is 0.747. The van der Waals surface area contributed by atoms with E-state index in [9.17, 15) is 14.4 Å². The molecule has 0 aromatic heterocycles. The molecule has 2 aromatic rings. The highest BCUT2D eigenvalue weighted by molar-refractivity contribution is 5.99. The van der Waals surface area contributed by atoms with Crippen molar-refractivity contribution < 1.29 is 19.1 Å². The number of hydrogen-bond donors (Lipinski definition) is 2. The van der Waals surface area contributed by atoms with Crippen LogP contribution in [-0.4, -0.2) is 36.9 Å². The Labute approximate surface area is 181 Å². The third kappa shape index (κ3) is 5.23. The Morgan fingerprint density at radius 1 is 0.968 bits per heavy atom. The van der Waals surface area contributed by atoms with Crippen molar-refractivity contribution in [1.29, 1.82) is 0 Å². The van der Waals surface area contributed by atoms with Crippen molar-refractivity contribution in [2.75, 3.05) is 23.4 Å². The van der Waals surface area contributed by atoms with E-state index in [-0.39, 0.29) is 36.6 Å². The van der Waals surface area contributed by atoms with Crippen LogP contribution in [0.2, 0.25) is 0 Å².